The van der Waals surface area contributed by atoms with Crippen molar-refractivity contribution in [1.29, 1.82) is 0 Å². The maximum absolute atomic E-state index is 6.35. The Bertz CT molecular complexity index is 571. The van der Waals surface area contributed by atoms with E-state index in [0.29, 0.717) is 6.04 Å². The van der Waals surface area contributed by atoms with Crippen LogP contribution in [0.2, 0.25) is 5.02 Å². The smallest absolute Gasteiger partial charge is 0.106 e. The summed E-state index contributed by atoms with van der Waals surface area (Å²) in [4.78, 5) is 4.45. The number of nitrogens with one attached hydrogen (secondary N) is 1. The van der Waals surface area contributed by atoms with Gasteiger partial charge in [0.25, 0.3) is 0 Å². The van der Waals surface area contributed by atoms with Crippen molar-refractivity contribution in [3.05, 3.63) is 22.7 Å². The van der Waals surface area contributed by atoms with Crippen LogP contribution in [0.4, 0.5) is 5.69 Å². The summed E-state index contributed by atoms with van der Waals surface area (Å²) < 4.78 is 1.20. The Morgan fingerprint density at radius 3 is 2.68 bits per heavy atom. The van der Waals surface area contributed by atoms with Crippen LogP contribution in [-0.2, 0) is 0 Å². The Hall–Kier alpha value is -0.800. The maximum atomic E-state index is 6.35. The number of rotatable bonds is 2. The molecule has 2 unspecified atom stereocenters. The number of hydrogen-bond donors (Lipinski definition) is 1. The van der Waals surface area contributed by atoms with E-state index in [0.717, 1.165) is 28.1 Å². The van der Waals surface area contributed by atoms with Crippen molar-refractivity contribution >= 4 is 38.8 Å². The van der Waals surface area contributed by atoms with Crippen LogP contribution < -0.4 is 5.32 Å². The summed E-state index contributed by atoms with van der Waals surface area (Å²) in [6, 6.07) is 4.54. The zero-order valence-corrected chi connectivity index (χ0v) is 12.9. The van der Waals surface area contributed by atoms with E-state index < -0.39 is 0 Å². The highest BCUT2D eigenvalue weighted by Crippen LogP contribution is 2.36. The van der Waals surface area contributed by atoms with E-state index in [-0.39, 0.29) is 0 Å². The Labute approximate surface area is 123 Å². The average Bonchev–Trinajstić information content (AvgIpc) is 2.80. The van der Waals surface area contributed by atoms with Gasteiger partial charge in [-0.1, -0.05) is 25.4 Å². The van der Waals surface area contributed by atoms with Crippen LogP contribution in [0.1, 0.15) is 33.1 Å². The van der Waals surface area contributed by atoms with Crippen LogP contribution in [0.3, 0.4) is 0 Å². The van der Waals surface area contributed by atoms with Gasteiger partial charge in [-0.15, -0.1) is 11.3 Å². The number of aromatic nitrogens is 1. The fraction of sp³-hybridized carbons (Fsp3) is 0.533. The molecule has 1 aromatic carbocycles. The van der Waals surface area contributed by atoms with Gasteiger partial charge in [-0.2, -0.15) is 0 Å². The summed E-state index contributed by atoms with van der Waals surface area (Å²) in [5.74, 6) is 1.57. The minimum Gasteiger partial charge on any atom is -0.379 e. The lowest BCUT2D eigenvalue weighted by Gasteiger charge is -2.32. The van der Waals surface area contributed by atoms with Crippen LogP contribution in [0.5, 0.6) is 0 Å². The van der Waals surface area contributed by atoms with Crippen molar-refractivity contribution in [1.82, 2.24) is 4.98 Å². The molecule has 1 saturated carbocycles. The number of nitrogens with zero attached hydrogens (tertiary/aromatic N) is 1. The second kappa shape index (κ2) is 5.29. The molecular formula is C15H19ClN2S. The number of fused-ring (bicyclic) bond motifs is 1. The van der Waals surface area contributed by atoms with Gasteiger partial charge in [0.05, 0.1) is 20.9 Å². The largest absolute Gasteiger partial charge is 0.379 e. The average molecular weight is 295 g/mol. The van der Waals surface area contributed by atoms with E-state index in [1.54, 1.807) is 11.3 Å². The fourth-order valence-corrected chi connectivity index (χ4v) is 4.20. The van der Waals surface area contributed by atoms with E-state index in [2.05, 4.69) is 24.1 Å². The third-order valence-corrected chi connectivity index (χ3v) is 5.09. The molecule has 1 fully saturated rings. The van der Waals surface area contributed by atoms with E-state index in [4.69, 9.17) is 11.6 Å². The van der Waals surface area contributed by atoms with Crippen LogP contribution >= 0.6 is 22.9 Å². The van der Waals surface area contributed by atoms with Crippen LogP contribution in [0.15, 0.2) is 17.6 Å². The number of anilines is 1. The first kappa shape index (κ1) is 13.2. The van der Waals surface area contributed by atoms with E-state index in [1.165, 1.54) is 24.0 Å². The van der Waals surface area contributed by atoms with Gasteiger partial charge in [0.1, 0.15) is 5.52 Å². The Morgan fingerprint density at radius 2 is 1.95 bits per heavy atom. The van der Waals surface area contributed by atoms with Crippen LogP contribution in [0, 0.1) is 11.8 Å². The summed E-state index contributed by atoms with van der Waals surface area (Å²) >= 11 is 8.02. The Kier molecular flexibility index (Phi) is 3.68. The summed E-state index contributed by atoms with van der Waals surface area (Å²) in [7, 11) is 0. The zero-order valence-electron chi connectivity index (χ0n) is 11.3. The van der Waals surface area contributed by atoms with Gasteiger partial charge in [-0.25, -0.2) is 4.98 Å². The minimum atomic E-state index is 0.517. The normalized spacial score (nSPS) is 27.6. The SMILES string of the molecule is CC1CC(C)CC(Nc2c(Cl)ccc3scnc23)C1. The predicted molar refractivity (Wildman–Crippen MR) is 84.2 cm³/mol. The lowest BCUT2D eigenvalue weighted by molar-refractivity contribution is 0.281. The summed E-state index contributed by atoms with van der Waals surface area (Å²) in [5, 5.41) is 4.43. The predicted octanol–water partition coefficient (Wildman–Crippen LogP) is 5.19. The molecule has 1 heterocycles. The lowest BCUT2D eigenvalue weighted by atomic mass is 9.80. The second-order valence-electron chi connectivity index (χ2n) is 5.88. The van der Waals surface area contributed by atoms with Gasteiger partial charge in [0, 0.05) is 6.04 Å². The summed E-state index contributed by atoms with van der Waals surface area (Å²) in [6.07, 6.45) is 3.79. The molecule has 1 aliphatic carbocycles. The number of thiazole rings is 1. The fourth-order valence-electron chi connectivity index (χ4n) is 3.31. The maximum Gasteiger partial charge on any atom is 0.106 e. The molecule has 1 aromatic heterocycles. The summed E-state index contributed by atoms with van der Waals surface area (Å²) in [5.41, 5.74) is 3.92. The highest BCUT2D eigenvalue weighted by atomic mass is 35.5. The van der Waals surface area contributed by atoms with Gasteiger partial charge in [-0.3, -0.25) is 0 Å². The molecule has 0 saturated heterocycles. The molecule has 2 atom stereocenters. The van der Waals surface area contributed by atoms with Crippen molar-refractivity contribution in [2.75, 3.05) is 5.32 Å². The van der Waals surface area contributed by atoms with Gasteiger partial charge in [0.2, 0.25) is 0 Å². The first-order chi connectivity index (χ1) is 9.13. The molecule has 1 aliphatic rings. The summed E-state index contributed by atoms with van der Waals surface area (Å²) in [6.45, 7) is 4.69. The van der Waals surface area contributed by atoms with E-state index in [9.17, 15) is 0 Å². The Balaban J connectivity index is 1.88. The van der Waals surface area contributed by atoms with Crippen LogP contribution in [-0.4, -0.2) is 11.0 Å². The first-order valence-corrected chi connectivity index (χ1v) is 8.17. The van der Waals surface area contributed by atoms with Gasteiger partial charge in [0.15, 0.2) is 0 Å². The molecular weight excluding hydrogens is 276 g/mol. The highest BCUT2D eigenvalue weighted by molar-refractivity contribution is 7.16. The number of halogens is 1. The molecule has 0 radical (unpaired) electrons. The van der Waals surface area contributed by atoms with Gasteiger partial charge in [-0.05, 0) is 43.2 Å². The van der Waals surface area contributed by atoms with E-state index >= 15 is 0 Å². The van der Waals surface area contributed by atoms with Crippen LogP contribution in [0.25, 0.3) is 10.2 Å². The number of benzene rings is 1. The second-order valence-corrected chi connectivity index (χ2v) is 7.17. The molecule has 19 heavy (non-hydrogen) atoms. The lowest BCUT2D eigenvalue weighted by Crippen LogP contribution is -2.30. The standard InChI is InChI=1S/C15H19ClN2S/c1-9-5-10(2)7-11(6-9)18-14-12(16)3-4-13-15(14)17-8-19-13/h3-4,8-11,18H,5-7H2,1-2H3. The van der Waals surface area contributed by atoms with E-state index in [1.807, 2.05) is 17.6 Å². The van der Waals surface area contributed by atoms with Crippen molar-refractivity contribution in [2.45, 2.75) is 39.2 Å². The molecule has 4 heteroatoms. The monoisotopic (exact) mass is 294 g/mol. The molecule has 0 bridgehead atoms. The third kappa shape index (κ3) is 2.72. The highest BCUT2D eigenvalue weighted by Gasteiger charge is 2.25. The molecule has 1 N–H and O–H groups in total. The molecule has 0 aliphatic heterocycles. The molecule has 2 nitrogen and oxygen atoms in total. The van der Waals surface area contributed by atoms with Crippen molar-refractivity contribution in [3.8, 4) is 0 Å². The van der Waals surface area contributed by atoms with Crippen molar-refractivity contribution in [2.24, 2.45) is 11.8 Å². The van der Waals surface area contributed by atoms with Gasteiger partial charge >= 0.3 is 0 Å². The molecule has 102 valence electrons. The van der Waals surface area contributed by atoms with Crippen molar-refractivity contribution < 1.29 is 0 Å². The molecule has 3 rings (SSSR count). The van der Waals surface area contributed by atoms with Crippen molar-refractivity contribution in [3.63, 3.8) is 0 Å². The third-order valence-electron chi connectivity index (χ3n) is 3.98. The number of hydrogen-bond acceptors (Lipinski definition) is 3. The minimum absolute atomic E-state index is 0.517. The molecule has 0 spiro atoms. The topological polar surface area (TPSA) is 24.9 Å². The Morgan fingerprint density at radius 1 is 1.21 bits per heavy atom. The molecule has 0 amide bonds. The zero-order chi connectivity index (χ0) is 13.4. The van der Waals surface area contributed by atoms with Gasteiger partial charge < -0.3 is 5.32 Å². The quantitative estimate of drug-likeness (QED) is 0.825. The molecule has 2 aromatic rings. The first-order valence-electron chi connectivity index (χ1n) is 6.91.